The maximum absolute atomic E-state index is 13.3. The lowest BCUT2D eigenvalue weighted by molar-refractivity contribution is -0.121. The average molecular weight is 480 g/mol. The van der Waals surface area contributed by atoms with Gasteiger partial charge in [-0.05, 0) is 60.5 Å². The molecule has 0 fully saturated rings. The van der Waals surface area contributed by atoms with Gasteiger partial charge in [0, 0.05) is 5.39 Å². The van der Waals surface area contributed by atoms with Gasteiger partial charge in [-0.3, -0.25) is 4.79 Å². The number of aromatic nitrogens is 2. The number of hydrogen-bond acceptors (Lipinski definition) is 3. The van der Waals surface area contributed by atoms with Gasteiger partial charge in [0.15, 0.2) is 0 Å². The van der Waals surface area contributed by atoms with E-state index in [1.807, 2.05) is 85.8 Å². The van der Waals surface area contributed by atoms with Crippen molar-refractivity contribution in [2.75, 3.05) is 0 Å². The lowest BCUT2D eigenvalue weighted by Gasteiger charge is -2.26. The summed E-state index contributed by atoms with van der Waals surface area (Å²) in [4.78, 5) is 12.7. The van der Waals surface area contributed by atoms with Gasteiger partial charge in [-0.15, -0.1) is 0 Å². The quantitative estimate of drug-likeness (QED) is 0.296. The molecule has 0 saturated heterocycles. The van der Waals surface area contributed by atoms with Gasteiger partial charge >= 0.3 is 0 Å². The summed E-state index contributed by atoms with van der Waals surface area (Å²) in [6, 6.07) is 31.2. The molecule has 1 N–H and O–H groups in total. The normalized spacial score (nSPS) is 12.7. The first-order chi connectivity index (χ1) is 17.6. The topological polar surface area (TPSA) is 56.1 Å². The SMILES string of the molecule is C[C@H](NC(=O)Cc1ccccc1)[C@@H](Oc1ccc2c(cnn2-c2ccc(F)cc2)c1)c1ccccc1. The Balaban J connectivity index is 1.37. The Kier molecular flexibility index (Phi) is 6.76. The van der Waals surface area contributed by atoms with Crippen LogP contribution in [0.5, 0.6) is 5.75 Å². The molecule has 0 aliphatic heterocycles. The van der Waals surface area contributed by atoms with Crippen molar-refractivity contribution in [3.8, 4) is 11.4 Å². The van der Waals surface area contributed by atoms with Crippen molar-refractivity contribution in [2.45, 2.75) is 25.5 Å². The number of nitrogens with one attached hydrogen (secondary N) is 1. The summed E-state index contributed by atoms with van der Waals surface area (Å²) >= 11 is 0. The zero-order valence-electron chi connectivity index (χ0n) is 19.8. The van der Waals surface area contributed by atoms with Crippen LogP contribution in [0.4, 0.5) is 4.39 Å². The molecule has 0 bridgehead atoms. The summed E-state index contributed by atoms with van der Waals surface area (Å²) in [6.45, 7) is 1.95. The minimum absolute atomic E-state index is 0.0609. The van der Waals surface area contributed by atoms with Crippen molar-refractivity contribution in [3.05, 3.63) is 126 Å². The second kappa shape index (κ2) is 10.4. The van der Waals surface area contributed by atoms with E-state index >= 15 is 0 Å². The largest absolute Gasteiger partial charge is 0.484 e. The summed E-state index contributed by atoms with van der Waals surface area (Å²) < 4.78 is 21.6. The molecule has 36 heavy (non-hydrogen) atoms. The third-order valence-electron chi connectivity index (χ3n) is 6.05. The molecular weight excluding hydrogens is 453 g/mol. The number of fused-ring (bicyclic) bond motifs is 1. The maximum Gasteiger partial charge on any atom is 0.224 e. The fourth-order valence-electron chi connectivity index (χ4n) is 4.28. The van der Waals surface area contributed by atoms with E-state index in [0.717, 1.165) is 27.7 Å². The fourth-order valence-corrected chi connectivity index (χ4v) is 4.28. The van der Waals surface area contributed by atoms with Crippen molar-refractivity contribution >= 4 is 16.8 Å². The molecule has 1 heterocycles. The molecule has 0 unspecified atom stereocenters. The average Bonchev–Trinajstić information content (AvgIpc) is 3.32. The fraction of sp³-hybridized carbons (Fsp3) is 0.133. The highest BCUT2D eigenvalue weighted by Gasteiger charge is 2.23. The minimum atomic E-state index is -0.393. The van der Waals surface area contributed by atoms with Crippen molar-refractivity contribution in [2.24, 2.45) is 0 Å². The predicted octanol–water partition coefficient (Wildman–Crippen LogP) is 6.03. The molecule has 180 valence electrons. The van der Waals surface area contributed by atoms with Gasteiger partial charge in [0.05, 0.1) is 29.9 Å². The Morgan fingerprint density at radius 1 is 0.944 bits per heavy atom. The van der Waals surface area contributed by atoms with E-state index in [4.69, 9.17) is 4.74 Å². The van der Waals surface area contributed by atoms with Crippen LogP contribution >= 0.6 is 0 Å². The van der Waals surface area contributed by atoms with Crippen molar-refractivity contribution in [1.82, 2.24) is 15.1 Å². The Morgan fingerprint density at radius 2 is 1.64 bits per heavy atom. The number of carbonyl (C=O) groups is 1. The molecule has 0 aliphatic carbocycles. The van der Waals surface area contributed by atoms with Gasteiger partial charge in [-0.25, -0.2) is 9.07 Å². The summed E-state index contributed by atoms with van der Waals surface area (Å²) in [5.41, 5.74) is 3.58. The Bertz CT molecular complexity index is 1450. The molecule has 2 atom stereocenters. The standard InChI is InChI=1S/C30H26FN3O2/c1-21(33-29(35)18-22-8-4-2-5-9-22)30(23-10-6-3-7-11-23)36-27-16-17-28-24(19-27)20-32-34(28)26-14-12-25(31)13-15-26/h2-17,19-21,30H,18H2,1H3,(H,33,35)/t21-,30+/m0/s1. The smallest absolute Gasteiger partial charge is 0.224 e. The van der Waals surface area contributed by atoms with Crippen molar-refractivity contribution in [3.63, 3.8) is 0 Å². The number of halogens is 1. The Hall–Kier alpha value is -4.45. The molecule has 5 nitrogen and oxygen atoms in total. The van der Waals surface area contributed by atoms with Crippen LogP contribution in [0.15, 0.2) is 109 Å². The molecule has 1 amide bonds. The molecule has 0 radical (unpaired) electrons. The van der Waals surface area contributed by atoms with E-state index in [2.05, 4.69) is 10.4 Å². The molecule has 0 saturated carbocycles. The van der Waals surface area contributed by atoms with Crippen molar-refractivity contribution in [1.29, 1.82) is 0 Å². The summed E-state index contributed by atoms with van der Waals surface area (Å²) in [5.74, 6) is 0.316. The second-order valence-electron chi connectivity index (χ2n) is 8.72. The molecule has 5 rings (SSSR count). The lowest BCUT2D eigenvalue weighted by atomic mass is 10.0. The molecule has 5 aromatic rings. The van der Waals surface area contributed by atoms with Gasteiger partial charge < -0.3 is 10.1 Å². The second-order valence-corrected chi connectivity index (χ2v) is 8.72. The highest BCUT2D eigenvalue weighted by molar-refractivity contribution is 5.82. The van der Waals surface area contributed by atoms with Gasteiger partial charge in [-0.1, -0.05) is 60.7 Å². The highest BCUT2D eigenvalue weighted by Crippen LogP contribution is 2.29. The van der Waals surface area contributed by atoms with Crippen LogP contribution < -0.4 is 10.1 Å². The molecule has 0 aliphatic rings. The number of rotatable bonds is 8. The van der Waals surface area contributed by atoms with E-state index in [1.165, 1.54) is 12.1 Å². The van der Waals surface area contributed by atoms with Crippen LogP contribution in [0, 0.1) is 5.82 Å². The Morgan fingerprint density at radius 3 is 2.36 bits per heavy atom. The number of hydrogen-bond donors (Lipinski definition) is 1. The van der Waals surface area contributed by atoms with E-state index in [1.54, 1.807) is 23.0 Å². The monoisotopic (exact) mass is 479 g/mol. The molecule has 4 aromatic carbocycles. The Labute approximate surface area is 209 Å². The summed E-state index contributed by atoms with van der Waals surface area (Å²) in [7, 11) is 0. The number of ether oxygens (including phenoxy) is 1. The molecule has 1 aromatic heterocycles. The van der Waals surface area contributed by atoms with Gasteiger partial charge in [0.1, 0.15) is 17.7 Å². The van der Waals surface area contributed by atoms with E-state index < -0.39 is 6.10 Å². The first kappa shape index (κ1) is 23.3. The maximum atomic E-state index is 13.3. The van der Waals surface area contributed by atoms with Crippen LogP contribution in [0.2, 0.25) is 0 Å². The third kappa shape index (κ3) is 5.28. The molecular formula is C30H26FN3O2. The van der Waals surface area contributed by atoms with E-state index in [-0.39, 0.29) is 17.8 Å². The first-order valence-electron chi connectivity index (χ1n) is 11.9. The number of benzene rings is 4. The number of nitrogens with zero attached hydrogens (tertiary/aromatic N) is 2. The van der Waals surface area contributed by atoms with Crippen LogP contribution in [-0.4, -0.2) is 21.7 Å². The van der Waals surface area contributed by atoms with Crippen LogP contribution in [-0.2, 0) is 11.2 Å². The minimum Gasteiger partial charge on any atom is -0.484 e. The number of carbonyl (C=O) groups excluding carboxylic acids is 1. The van der Waals surface area contributed by atoms with E-state index in [0.29, 0.717) is 12.2 Å². The van der Waals surface area contributed by atoms with Crippen LogP contribution in [0.25, 0.3) is 16.6 Å². The molecule has 0 spiro atoms. The highest BCUT2D eigenvalue weighted by atomic mass is 19.1. The zero-order valence-corrected chi connectivity index (χ0v) is 19.8. The predicted molar refractivity (Wildman–Crippen MR) is 139 cm³/mol. The number of amides is 1. The molecule has 6 heteroatoms. The van der Waals surface area contributed by atoms with Gasteiger partial charge in [0.25, 0.3) is 0 Å². The van der Waals surface area contributed by atoms with E-state index in [9.17, 15) is 9.18 Å². The summed E-state index contributed by atoms with van der Waals surface area (Å²) in [5, 5.41) is 8.47. The zero-order chi connectivity index (χ0) is 24.9. The lowest BCUT2D eigenvalue weighted by Crippen LogP contribution is -2.40. The van der Waals surface area contributed by atoms with Crippen LogP contribution in [0.1, 0.15) is 24.2 Å². The van der Waals surface area contributed by atoms with Gasteiger partial charge in [0.2, 0.25) is 5.91 Å². The third-order valence-corrected chi connectivity index (χ3v) is 6.05. The summed E-state index contributed by atoms with van der Waals surface area (Å²) in [6.07, 6.45) is 1.67. The van der Waals surface area contributed by atoms with Gasteiger partial charge in [-0.2, -0.15) is 5.10 Å². The van der Waals surface area contributed by atoms with Crippen molar-refractivity contribution < 1.29 is 13.9 Å². The van der Waals surface area contributed by atoms with Crippen LogP contribution in [0.3, 0.4) is 0 Å². The first-order valence-corrected chi connectivity index (χ1v) is 11.9.